The standard InChI is InChI=1S/C32H44N2OSi/c1-4-5-22-36(2,3)23-12-11-21-35-31-16-10-9-15-30(31)29-24-33-32(34-25-29)28-19-17-27(18-20-28)26-13-7-6-8-14-26/h9-10,15-20,24-26H,4-8,11-14,21-23H2,1-3H3. The van der Waals surface area contributed by atoms with Crippen molar-refractivity contribution in [2.24, 2.45) is 0 Å². The van der Waals surface area contributed by atoms with Crippen molar-refractivity contribution >= 4 is 8.07 Å². The van der Waals surface area contributed by atoms with Crippen LogP contribution < -0.4 is 4.74 Å². The number of benzene rings is 2. The summed E-state index contributed by atoms with van der Waals surface area (Å²) in [5, 5.41) is 0. The normalized spacial score (nSPS) is 14.6. The van der Waals surface area contributed by atoms with E-state index in [1.54, 1.807) is 0 Å². The lowest BCUT2D eigenvalue weighted by Gasteiger charge is -2.22. The van der Waals surface area contributed by atoms with E-state index in [9.17, 15) is 0 Å². The van der Waals surface area contributed by atoms with E-state index >= 15 is 0 Å². The molecular formula is C32H44N2OSi. The predicted molar refractivity (Wildman–Crippen MR) is 155 cm³/mol. The van der Waals surface area contributed by atoms with Crippen molar-refractivity contribution in [1.82, 2.24) is 9.97 Å². The van der Waals surface area contributed by atoms with Crippen molar-refractivity contribution in [3.05, 3.63) is 66.5 Å². The first kappa shape index (κ1) is 26.6. The van der Waals surface area contributed by atoms with Crippen LogP contribution in [0.2, 0.25) is 25.2 Å². The molecule has 0 radical (unpaired) electrons. The maximum atomic E-state index is 6.23. The molecule has 1 aliphatic rings. The summed E-state index contributed by atoms with van der Waals surface area (Å²) in [4.78, 5) is 9.42. The average molecular weight is 501 g/mol. The molecule has 3 nitrogen and oxygen atoms in total. The van der Waals surface area contributed by atoms with E-state index in [1.165, 1.54) is 69.0 Å². The molecular weight excluding hydrogens is 456 g/mol. The predicted octanol–water partition coefficient (Wildman–Crippen LogP) is 9.53. The largest absolute Gasteiger partial charge is 0.493 e. The van der Waals surface area contributed by atoms with Gasteiger partial charge < -0.3 is 4.74 Å². The van der Waals surface area contributed by atoms with Crippen LogP contribution in [0, 0.1) is 0 Å². The first-order chi connectivity index (χ1) is 17.6. The number of para-hydroxylation sites is 1. The number of aromatic nitrogens is 2. The van der Waals surface area contributed by atoms with Crippen LogP contribution in [0.1, 0.15) is 76.2 Å². The number of hydrogen-bond donors (Lipinski definition) is 0. The second kappa shape index (κ2) is 13.2. The Morgan fingerprint density at radius 2 is 1.50 bits per heavy atom. The van der Waals surface area contributed by atoms with E-state index in [0.717, 1.165) is 47.2 Å². The zero-order valence-corrected chi connectivity index (χ0v) is 23.6. The molecule has 0 saturated heterocycles. The Labute approximate surface area is 219 Å². The molecule has 0 bridgehead atoms. The second-order valence-electron chi connectivity index (χ2n) is 11.3. The van der Waals surface area contributed by atoms with Crippen LogP contribution in [0.5, 0.6) is 5.75 Å². The van der Waals surface area contributed by atoms with E-state index < -0.39 is 8.07 Å². The molecule has 1 saturated carbocycles. The fourth-order valence-electron chi connectivity index (χ4n) is 5.46. The van der Waals surface area contributed by atoms with Gasteiger partial charge in [0, 0.05) is 37.2 Å². The fourth-order valence-corrected chi connectivity index (χ4v) is 8.22. The van der Waals surface area contributed by atoms with Gasteiger partial charge in [-0.25, -0.2) is 9.97 Å². The van der Waals surface area contributed by atoms with Gasteiger partial charge in [0.15, 0.2) is 5.82 Å². The van der Waals surface area contributed by atoms with Crippen molar-refractivity contribution in [1.29, 1.82) is 0 Å². The maximum absolute atomic E-state index is 6.23. The lowest BCUT2D eigenvalue weighted by Crippen LogP contribution is -2.24. The zero-order chi connectivity index (χ0) is 25.2. The molecule has 3 aromatic rings. The SMILES string of the molecule is CCCC[Si](C)(C)CCCCOc1ccccc1-c1cnc(-c2ccc(C3CCCCC3)cc2)nc1. The van der Waals surface area contributed by atoms with E-state index in [4.69, 9.17) is 14.7 Å². The van der Waals surface area contributed by atoms with E-state index in [-0.39, 0.29) is 0 Å². The van der Waals surface area contributed by atoms with Crippen LogP contribution in [0.3, 0.4) is 0 Å². The summed E-state index contributed by atoms with van der Waals surface area (Å²) in [5.41, 5.74) is 4.61. The number of hydrogen-bond acceptors (Lipinski definition) is 3. The summed E-state index contributed by atoms with van der Waals surface area (Å²) in [6, 6.07) is 20.0. The van der Waals surface area contributed by atoms with Crippen molar-refractivity contribution < 1.29 is 4.74 Å². The van der Waals surface area contributed by atoms with Gasteiger partial charge in [-0.05, 0) is 36.8 Å². The molecule has 4 heteroatoms. The van der Waals surface area contributed by atoms with Crippen LogP contribution in [0.4, 0.5) is 0 Å². The second-order valence-corrected chi connectivity index (χ2v) is 16.7. The molecule has 1 aliphatic carbocycles. The van der Waals surface area contributed by atoms with Crippen molar-refractivity contribution in [2.45, 2.75) is 95.8 Å². The van der Waals surface area contributed by atoms with Crippen LogP contribution in [0.25, 0.3) is 22.5 Å². The Morgan fingerprint density at radius 3 is 2.22 bits per heavy atom. The lowest BCUT2D eigenvalue weighted by molar-refractivity contribution is 0.310. The minimum absolute atomic E-state index is 0.724. The van der Waals surface area contributed by atoms with Gasteiger partial charge in [-0.1, -0.05) is 113 Å². The highest BCUT2D eigenvalue weighted by atomic mass is 28.3. The Balaban J connectivity index is 1.34. The molecule has 0 amide bonds. The minimum Gasteiger partial charge on any atom is -0.493 e. The van der Waals surface area contributed by atoms with Gasteiger partial charge in [0.2, 0.25) is 0 Å². The van der Waals surface area contributed by atoms with Gasteiger partial charge in [0.05, 0.1) is 6.61 Å². The Bertz CT molecular complexity index is 1060. The van der Waals surface area contributed by atoms with Gasteiger partial charge in [-0.15, -0.1) is 0 Å². The topological polar surface area (TPSA) is 35.0 Å². The Hall–Kier alpha value is -2.46. The molecule has 0 unspecified atom stereocenters. The lowest BCUT2D eigenvalue weighted by atomic mass is 9.84. The molecule has 192 valence electrons. The average Bonchev–Trinajstić information content (AvgIpc) is 2.93. The quantitative estimate of drug-likeness (QED) is 0.183. The molecule has 36 heavy (non-hydrogen) atoms. The number of nitrogens with zero attached hydrogens (tertiary/aromatic N) is 2. The van der Waals surface area contributed by atoms with E-state index in [2.05, 4.69) is 62.5 Å². The molecule has 2 aromatic carbocycles. The molecule has 4 rings (SSSR count). The van der Waals surface area contributed by atoms with Crippen molar-refractivity contribution in [3.8, 4) is 28.3 Å². The monoisotopic (exact) mass is 500 g/mol. The Morgan fingerprint density at radius 1 is 0.806 bits per heavy atom. The third-order valence-corrected chi connectivity index (χ3v) is 11.2. The summed E-state index contributed by atoms with van der Waals surface area (Å²) in [6.45, 7) is 8.13. The van der Waals surface area contributed by atoms with Gasteiger partial charge >= 0.3 is 0 Å². The fraction of sp³-hybridized carbons (Fsp3) is 0.500. The van der Waals surface area contributed by atoms with E-state index in [1.807, 2.05) is 18.5 Å². The molecule has 0 N–H and O–H groups in total. The zero-order valence-electron chi connectivity index (χ0n) is 22.6. The number of rotatable bonds is 12. The summed E-state index contributed by atoms with van der Waals surface area (Å²) < 4.78 is 6.23. The molecule has 1 fully saturated rings. The molecule has 0 atom stereocenters. The third-order valence-electron chi connectivity index (χ3n) is 7.81. The number of unbranched alkanes of at least 4 members (excludes halogenated alkanes) is 2. The summed E-state index contributed by atoms with van der Waals surface area (Å²) >= 11 is 0. The van der Waals surface area contributed by atoms with Crippen molar-refractivity contribution in [2.75, 3.05) is 6.61 Å². The first-order valence-electron chi connectivity index (χ1n) is 14.2. The van der Waals surface area contributed by atoms with Crippen LogP contribution in [-0.2, 0) is 0 Å². The van der Waals surface area contributed by atoms with Crippen LogP contribution >= 0.6 is 0 Å². The van der Waals surface area contributed by atoms with Gasteiger partial charge in [0.25, 0.3) is 0 Å². The maximum Gasteiger partial charge on any atom is 0.159 e. The highest BCUT2D eigenvalue weighted by Crippen LogP contribution is 2.34. The molecule has 1 aromatic heterocycles. The van der Waals surface area contributed by atoms with E-state index in [0.29, 0.717) is 0 Å². The Kier molecular flexibility index (Phi) is 9.74. The molecule has 0 aliphatic heterocycles. The molecule has 1 heterocycles. The van der Waals surface area contributed by atoms with Crippen molar-refractivity contribution in [3.63, 3.8) is 0 Å². The summed E-state index contributed by atoms with van der Waals surface area (Å²) in [7, 11) is -1.04. The van der Waals surface area contributed by atoms with Gasteiger partial charge in [0.1, 0.15) is 5.75 Å². The highest BCUT2D eigenvalue weighted by molar-refractivity contribution is 6.77. The first-order valence-corrected chi connectivity index (χ1v) is 17.6. The number of ether oxygens (including phenoxy) is 1. The summed E-state index contributed by atoms with van der Waals surface area (Å²) in [6.07, 6.45) is 15.7. The van der Waals surface area contributed by atoms with Gasteiger partial charge in [-0.3, -0.25) is 0 Å². The smallest absolute Gasteiger partial charge is 0.159 e. The van der Waals surface area contributed by atoms with Crippen LogP contribution in [0.15, 0.2) is 60.9 Å². The molecule has 0 spiro atoms. The highest BCUT2D eigenvalue weighted by Gasteiger charge is 2.19. The minimum atomic E-state index is -1.04. The van der Waals surface area contributed by atoms with Crippen LogP contribution in [-0.4, -0.2) is 24.6 Å². The third kappa shape index (κ3) is 7.52. The summed E-state index contributed by atoms with van der Waals surface area (Å²) in [5.74, 6) is 2.43. The van der Waals surface area contributed by atoms with Gasteiger partial charge in [-0.2, -0.15) is 0 Å².